The fourth-order valence-corrected chi connectivity index (χ4v) is 2.89. The Kier molecular flexibility index (Phi) is 4.93. The number of nitrogens with two attached hydrogens (primary N) is 1. The predicted molar refractivity (Wildman–Crippen MR) is 76.4 cm³/mol. The summed E-state index contributed by atoms with van der Waals surface area (Å²) in [4.78, 5) is 12.2. The molecule has 0 spiro atoms. The molecule has 0 aromatic heterocycles. The summed E-state index contributed by atoms with van der Waals surface area (Å²) in [5.74, 6) is -0.702. The molecule has 2 rings (SSSR count). The molecule has 1 amide bonds. The second-order valence-electron chi connectivity index (χ2n) is 4.98. The maximum absolute atomic E-state index is 13.4. The highest BCUT2D eigenvalue weighted by molar-refractivity contribution is 9.10. The zero-order chi connectivity index (χ0) is 13.8. The van der Waals surface area contributed by atoms with Gasteiger partial charge in [-0.3, -0.25) is 4.79 Å². The summed E-state index contributed by atoms with van der Waals surface area (Å²) in [6.45, 7) is 0. The van der Waals surface area contributed by atoms with E-state index in [0.717, 1.165) is 32.1 Å². The van der Waals surface area contributed by atoms with E-state index in [2.05, 4.69) is 21.2 Å². The zero-order valence-electron chi connectivity index (χ0n) is 10.7. The molecule has 104 valence electrons. The van der Waals surface area contributed by atoms with E-state index in [1.54, 1.807) is 6.07 Å². The molecule has 1 aromatic rings. The first kappa shape index (κ1) is 14.5. The molecule has 0 saturated heterocycles. The van der Waals surface area contributed by atoms with Crippen molar-refractivity contribution in [3.63, 3.8) is 0 Å². The van der Waals surface area contributed by atoms with Gasteiger partial charge in [-0.15, -0.1) is 0 Å². The SMILES string of the molecule is NC1CCCCCC1NC(=O)c1cccc(F)c1Br. The average molecular weight is 329 g/mol. The fraction of sp³-hybridized carbons (Fsp3) is 0.500. The Morgan fingerprint density at radius 3 is 2.84 bits per heavy atom. The van der Waals surface area contributed by atoms with Crippen molar-refractivity contribution in [3.8, 4) is 0 Å². The number of carbonyl (C=O) groups excluding carboxylic acids is 1. The summed E-state index contributed by atoms with van der Waals surface area (Å²) in [5, 5.41) is 2.93. The quantitative estimate of drug-likeness (QED) is 0.820. The molecule has 1 aliphatic carbocycles. The maximum Gasteiger partial charge on any atom is 0.252 e. The number of amides is 1. The van der Waals surface area contributed by atoms with E-state index in [-0.39, 0.29) is 22.5 Å². The second-order valence-corrected chi connectivity index (χ2v) is 5.78. The molecule has 5 heteroatoms. The Labute approximate surface area is 120 Å². The first-order valence-electron chi connectivity index (χ1n) is 6.60. The van der Waals surface area contributed by atoms with Gasteiger partial charge in [0.15, 0.2) is 0 Å². The molecule has 3 nitrogen and oxygen atoms in total. The molecule has 3 N–H and O–H groups in total. The lowest BCUT2D eigenvalue weighted by Crippen LogP contribution is -2.47. The summed E-state index contributed by atoms with van der Waals surface area (Å²) in [5.41, 5.74) is 6.39. The van der Waals surface area contributed by atoms with Crippen LogP contribution in [-0.2, 0) is 0 Å². The number of nitrogens with one attached hydrogen (secondary N) is 1. The van der Waals surface area contributed by atoms with Gasteiger partial charge in [0.2, 0.25) is 0 Å². The number of halogens is 2. The molecular weight excluding hydrogens is 311 g/mol. The van der Waals surface area contributed by atoms with Crippen molar-refractivity contribution in [2.45, 2.75) is 44.2 Å². The molecule has 0 aliphatic heterocycles. The van der Waals surface area contributed by atoms with E-state index in [1.807, 2.05) is 0 Å². The third kappa shape index (κ3) is 3.54. The van der Waals surface area contributed by atoms with Crippen molar-refractivity contribution >= 4 is 21.8 Å². The summed E-state index contributed by atoms with van der Waals surface area (Å²) in [7, 11) is 0. The zero-order valence-corrected chi connectivity index (χ0v) is 12.2. The molecule has 2 unspecified atom stereocenters. The summed E-state index contributed by atoms with van der Waals surface area (Å²) >= 11 is 3.11. The number of benzene rings is 1. The van der Waals surface area contributed by atoms with Crippen LogP contribution in [0.25, 0.3) is 0 Å². The van der Waals surface area contributed by atoms with Crippen LogP contribution in [0.1, 0.15) is 42.5 Å². The lowest BCUT2D eigenvalue weighted by molar-refractivity contribution is 0.0927. The summed E-state index contributed by atoms with van der Waals surface area (Å²) in [6.07, 6.45) is 5.15. The molecule has 0 heterocycles. The lowest BCUT2D eigenvalue weighted by Gasteiger charge is -2.23. The van der Waals surface area contributed by atoms with Gasteiger partial charge in [0.05, 0.1) is 10.0 Å². The van der Waals surface area contributed by atoms with Crippen LogP contribution >= 0.6 is 15.9 Å². The minimum atomic E-state index is -0.433. The third-order valence-corrected chi connectivity index (χ3v) is 4.39. The molecule has 1 saturated carbocycles. The largest absolute Gasteiger partial charge is 0.348 e. The number of rotatable bonds is 2. The molecular formula is C14H18BrFN2O. The van der Waals surface area contributed by atoms with Gasteiger partial charge in [0, 0.05) is 12.1 Å². The molecule has 1 aromatic carbocycles. The van der Waals surface area contributed by atoms with Crippen LogP contribution in [-0.4, -0.2) is 18.0 Å². The van der Waals surface area contributed by atoms with Crippen molar-refractivity contribution in [2.24, 2.45) is 5.73 Å². The second kappa shape index (κ2) is 6.48. The van der Waals surface area contributed by atoms with E-state index in [1.165, 1.54) is 12.1 Å². The topological polar surface area (TPSA) is 55.1 Å². The monoisotopic (exact) mass is 328 g/mol. The van der Waals surface area contributed by atoms with E-state index in [9.17, 15) is 9.18 Å². The summed E-state index contributed by atoms with van der Waals surface area (Å²) < 4.78 is 13.6. The van der Waals surface area contributed by atoms with Gasteiger partial charge in [0.25, 0.3) is 5.91 Å². The van der Waals surface area contributed by atoms with Gasteiger partial charge in [-0.05, 0) is 40.9 Å². The molecule has 1 aliphatic rings. The Bertz CT molecular complexity index is 467. The van der Waals surface area contributed by atoms with Crippen molar-refractivity contribution < 1.29 is 9.18 Å². The Morgan fingerprint density at radius 2 is 2.05 bits per heavy atom. The highest BCUT2D eigenvalue weighted by Crippen LogP contribution is 2.22. The third-order valence-electron chi connectivity index (χ3n) is 3.58. The van der Waals surface area contributed by atoms with Crippen LogP contribution in [0.2, 0.25) is 0 Å². The summed E-state index contributed by atoms with van der Waals surface area (Å²) in [6, 6.07) is 4.41. The normalized spacial score (nSPS) is 23.7. The number of carbonyl (C=O) groups is 1. The molecule has 0 bridgehead atoms. The van der Waals surface area contributed by atoms with Crippen LogP contribution in [0, 0.1) is 5.82 Å². The molecule has 2 atom stereocenters. The van der Waals surface area contributed by atoms with Gasteiger partial charge in [-0.25, -0.2) is 4.39 Å². The minimum Gasteiger partial charge on any atom is -0.348 e. The smallest absolute Gasteiger partial charge is 0.252 e. The molecule has 0 radical (unpaired) electrons. The maximum atomic E-state index is 13.4. The van der Waals surface area contributed by atoms with Crippen LogP contribution < -0.4 is 11.1 Å². The van der Waals surface area contributed by atoms with Crippen molar-refractivity contribution in [2.75, 3.05) is 0 Å². The van der Waals surface area contributed by atoms with Gasteiger partial charge in [-0.1, -0.05) is 25.3 Å². The fourth-order valence-electron chi connectivity index (χ4n) is 2.44. The van der Waals surface area contributed by atoms with Crippen LogP contribution in [0.4, 0.5) is 4.39 Å². The predicted octanol–water partition coefficient (Wildman–Crippen LogP) is 2.98. The highest BCUT2D eigenvalue weighted by Gasteiger charge is 2.23. The lowest BCUT2D eigenvalue weighted by atomic mass is 10.0. The molecule has 19 heavy (non-hydrogen) atoms. The Balaban J connectivity index is 2.09. The van der Waals surface area contributed by atoms with Crippen LogP contribution in [0.5, 0.6) is 0 Å². The first-order chi connectivity index (χ1) is 9.09. The highest BCUT2D eigenvalue weighted by atomic mass is 79.9. The average Bonchev–Trinajstić information content (AvgIpc) is 2.58. The van der Waals surface area contributed by atoms with E-state index in [0.29, 0.717) is 5.56 Å². The van der Waals surface area contributed by atoms with Gasteiger partial charge in [0.1, 0.15) is 5.82 Å². The van der Waals surface area contributed by atoms with E-state index >= 15 is 0 Å². The van der Waals surface area contributed by atoms with Gasteiger partial charge >= 0.3 is 0 Å². The first-order valence-corrected chi connectivity index (χ1v) is 7.39. The van der Waals surface area contributed by atoms with Crippen LogP contribution in [0.15, 0.2) is 22.7 Å². The van der Waals surface area contributed by atoms with Crippen molar-refractivity contribution in [1.29, 1.82) is 0 Å². The minimum absolute atomic E-state index is 0.0150. The van der Waals surface area contributed by atoms with E-state index < -0.39 is 5.82 Å². The number of hydrogen-bond donors (Lipinski definition) is 2. The Morgan fingerprint density at radius 1 is 1.32 bits per heavy atom. The van der Waals surface area contributed by atoms with Gasteiger partial charge in [-0.2, -0.15) is 0 Å². The number of hydrogen-bond acceptors (Lipinski definition) is 2. The molecule has 1 fully saturated rings. The standard InChI is InChI=1S/C14H18BrFN2O/c15-13-9(5-4-6-10(13)16)14(19)18-12-8-3-1-2-7-11(12)17/h4-6,11-12H,1-3,7-8,17H2,(H,18,19). The van der Waals surface area contributed by atoms with Crippen molar-refractivity contribution in [3.05, 3.63) is 34.1 Å². The van der Waals surface area contributed by atoms with Crippen LogP contribution in [0.3, 0.4) is 0 Å². The Hall–Kier alpha value is -0.940. The van der Waals surface area contributed by atoms with Gasteiger partial charge < -0.3 is 11.1 Å². The van der Waals surface area contributed by atoms with Crippen molar-refractivity contribution in [1.82, 2.24) is 5.32 Å². The van der Waals surface area contributed by atoms with E-state index in [4.69, 9.17) is 5.73 Å².